The van der Waals surface area contributed by atoms with Crippen molar-refractivity contribution < 1.29 is 16.8 Å². The molecule has 0 aliphatic rings. The van der Waals surface area contributed by atoms with Crippen molar-refractivity contribution in [1.29, 1.82) is 5.41 Å². The van der Waals surface area contributed by atoms with Gasteiger partial charge in [-0.2, -0.15) is 0 Å². The third-order valence-corrected chi connectivity index (χ3v) is 8.00. The molecule has 0 saturated carbocycles. The van der Waals surface area contributed by atoms with Gasteiger partial charge in [-0.1, -0.05) is 17.7 Å². The smallest absolute Gasteiger partial charge is 0.248 e. The van der Waals surface area contributed by atoms with Crippen molar-refractivity contribution in [2.24, 2.45) is 5.73 Å². The Morgan fingerprint density at radius 1 is 1.00 bits per heavy atom. The van der Waals surface area contributed by atoms with E-state index in [9.17, 15) is 16.8 Å². The molecule has 2 aromatic rings. The van der Waals surface area contributed by atoms with Gasteiger partial charge in [0.2, 0.25) is 24.8 Å². The summed E-state index contributed by atoms with van der Waals surface area (Å²) in [7, 11) is -7.87. The molecule has 0 radical (unpaired) electrons. The van der Waals surface area contributed by atoms with Crippen LogP contribution in [0.3, 0.4) is 0 Å². The van der Waals surface area contributed by atoms with Gasteiger partial charge in [-0.05, 0) is 31.2 Å². The van der Waals surface area contributed by atoms with Crippen LogP contribution in [0.4, 0.5) is 0 Å². The van der Waals surface area contributed by atoms with E-state index in [1.807, 2.05) is 6.92 Å². The van der Waals surface area contributed by atoms with E-state index in [1.54, 1.807) is 12.1 Å². The zero-order valence-electron chi connectivity index (χ0n) is 10.9. The Bertz CT molecular complexity index is 894. The second-order valence-corrected chi connectivity index (χ2v) is 9.66. The van der Waals surface area contributed by atoms with Gasteiger partial charge in [0.25, 0.3) is 0 Å². The molecule has 9 heteroatoms. The molecule has 0 unspecified atom stereocenters. The summed E-state index contributed by atoms with van der Waals surface area (Å²) in [6.45, 7) is 1.83. The third kappa shape index (κ3) is 2.85. The van der Waals surface area contributed by atoms with E-state index in [0.717, 1.165) is 11.6 Å². The van der Waals surface area contributed by atoms with Gasteiger partial charge in [-0.15, -0.1) is 11.3 Å². The zero-order chi connectivity index (χ0) is 15.8. The Hall–Kier alpha value is -1.71. The summed E-state index contributed by atoms with van der Waals surface area (Å²) in [5.41, 5.74) is 5.92. The van der Waals surface area contributed by atoms with Crippen LogP contribution in [-0.2, 0) is 19.7 Å². The second-order valence-electron chi connectivity index (χ2n) is 4.26. The first-order valence-corrected chi connectivity index (χ1v) is 9.44. The number of hydrogen-bond donors (Lipinski definition) is 2. The molecule has 0 fully saturated rings. The Morgan fingerprint density at radius 2 is 1.52 bits per heavy atom. The van der Waals surface area contributed by atoms with Crippen LogP contribution in [0.5, 0.6) is 0 Å². The molecule has 6 nitrogen and oxygen atoms in total. The number of rotatable bonds is 3. The Kier molecular flexibility index (Phi) is 3.91. The van der Waals surface area contributed by atoms with Gasteiger partial charge in [-0.25, -0.2) is 16.8 Å². The van der Waals surface area contributed by atoms with Crippen molar-refractivity contribution >= 4 is 36.2 Å². The fourth-order valence-electron chi connectivity index (χ4n) is 1.53. The van der Waals surface area contributed by atoms with Crippen molar-refractivity contribution in [3.63, 3.8) is 0 Å². The quantitative estimate of drug-likeness (QED) is 0.647. The number of sulfone groups is 2. The summed E-state index contributed by atoms with van der Waals surface area (Å²) < 4.78 is 47.8. The van der Waals surface area contributed by atoms with Gasteiger partial charge in [-0.3, -0.25) is 5.41 Å². The van der Waals surface area contributed by atoms with Crippen LogP contribution < -0.4 is 5.73 Å². The lowest BCUT2D eigenvalue weighted by Gasteiger charge is -2.02. The first kappa shape index (κ1) is 15.7. The predicted octanol–water partition coefficient (Wildman–Crippen LogP) is 1.56. The maximum Gasteiger partial charge on any atom is 0.248 e. The molecule has 0 aliphatic carbocycles. The summed E-state index contributed by atoms with van der Waals surface area (Å²) >= 11 is 0.577. The molecule has 1 heterocycles. The van der Waals surface area contributed by atoms with E-state index < -0.39 is 24.8 Å². The van der Waals surface area contributed by atoms with E-state index in [-0.39, 0.29) is 13.3 Å². The van der Waals surface area contributed by atoms with Crippen molar-refractivity contribution in [2.45, 2.75) is 20.2 Å². The summed E-state index contributed by atoms with van der Waals surface area (Å²) in [4.78, 5) is 0.0849. The van der Waals surface area contributed by atoms with Crippen LogP contribution in [0.2, 0.25) is 0 Å². The lowest BCUT2D eigenvalue weighted by Crippen LogP contribution is -2.21. The number of nitrogens with two attached hydrogens (primary N) is 1. The summed E-state index contributed by atoms with van der Waals surface area (Å²) in [6.07, 6.45) is 0. The maximum atomic E-state index is 12.4. The van der Waals surface area contributed by atoms with Crippen LogP contribution in [0.15, 0.2) is 49.7 Å². The molecule has 3 N–H and O–H groups in total. The van der Waals surface area contributed by atoms with E-state index in [0.29, 0.717) is 11.3 Å². The largest absolute Gasteiger partial charge is 0.374 e. The number of thiophene rings is 1. The van der Waals surface area contributed by atoms with Crippen molar-refractivity contribution in [3.05, 3.63) is 42.0 Å². The van der Waals surface area contributed by atoms with Crippen LogP contribution in [-0.4, -0.2) is 22.0 Å². The molecule has 0 aliphatic heterocycles. The minimum Gasteiger partial charge on any atom is -0.374 e. The lowest BCUT2D eigenvalue weighted by molar-refractivity contribution is 0.598. The van der Waals surface area contributed by atoms with Gasteiger partial charge in [0.05, 0.1) is 4.90 Å². The summed E-state index contributed by atoms with van der Waals surface area (Å²) in [6, 6.07) is 8.59. The first-order valence-electron chi connectivity index (χ1n) is 5.66. The van der Waals surface area contributed by atoms with Crippen molar-refractivity contribution in [1.82, 2.24) is 0 Å². The molecule has 0 saturated heterocycles. The first-order chi connectivity index (χ1) is 9.65. The van der Waals surface area contributed by atoms with Gasteiger partial charge >= 0.3 is 0 Å². The number of nitrogens with one attached hydrogen (secondary N) is 1. The monoisotopic (exact) mass is 344 g/mol. The van der Waals surface area contributed by atoms with E-state index in [1.165, 1.54) is 18.2 Å². The Labute approximate surface area is 126 Å². The molecule has 0 spiro atoms. The molecule has 0 atom stereocenters. The summed E-state index contributed by atoms with van der Waals surface area (Å²) in [5.74, 6) is 0. The maximum absolute atomic E-state index is 12.4. The molecular weight excluding hydrogens is 332 g/mol. The number of benzene rings is 1. The van der Waals surface area contributed by atoms with Crippen LogP contribution in [0, 0.1) is 12.3 Å². The Balaban J connectivity index is 2.51. The predicted molar refractivity (Wildman–Crippen MR) is 80.0 cm³/mol. The molecule has 2 rings (SSSR count). The van der Waals surface area contributed by atoms with Crippen LogP contribution >= 0.6 is 11.3 Å². The fraction of sp³-hybridized carbons (Fsp3) is 0.0833. The highest BCUT2D eigenvalue weighted by atomic mass is 32.3. The molecule has 112 valence electrons. The SMILES string of the molecule is Cc1ccc(S(=O)(=O)c2ccc(S(=O)(=O)C(=N)N)s2)cc1. The fourth-order valence-corrected chi connectivity index (χ4v) is 5.57. The third-order valence-electron chi connectivity index (χ3n) is 2.71. The minimum atomic E-state index is -4.09. The molecule has 0 amide bonds. The molecular formula is C12H12N2O4S3. The van der Waals surface area contributed by atoms with Crippen molar-refractivity contribution in [3.8, 4) is 0 Å². The van der Waals surface area contributed by atoms with E-state index in [2.05, 4.69) is 0 Å². The molecule has 21 heavy (non-hydrogen) atoms. The van der Waals surface area contributed by atoms with Gasteiger partial charge in [0.15, 0.2) is 0 Å². The lowest BCUT2D eigenvalue weighted by atomic mass is 10.2. The van der Waals surface area contributed by atoms with Gasteiger partial charge in [0.1, 0.15) is 8.42 Å². The molecule has 1 aromatic heterocycles. The zero-order valence-corrected chi connectivity index (χ0v) is 13.3. The molecule has 1 aromatic carbocycles. The standard InChI is InChI=1S/C12H12N2O4S3/c1-8-2-4-9(5-3-8)20(15,16)10-6-7-11(19-10)21(17,18)12(13)14/h2-7H,1H3,(H3,13,14). The van der Waals surface area contributed by atoms with E-state index >= 15 is 0 Å². The second kappa shape index (κ2) is 5.24. The Morgan fingerprint density at radius 3 is 2.05 bits per heavy atom. The highest BCUT2D eigenvalue weighted by molar-refractivity contribution is 8.07. The van der Waals surface area contributed by atoms with Crippen molar-refractivity contribution in [2.75, 3.05) is 0 Å². The van der Waals surface area contributed by atoms with Gasteiger partial charge < -0.3 is 5.73 Å². The number of hydrogen-bond acceptors (Lipinski definition) is 6. The molecule has 0 bridgehead atoms. The van der Waals surface area contributed by atoms with Gasteiger partial charge in [0, 0.05) is 0 Å². The number of aryl methyl sites for hydroxylation is 1. The van der Waals surface area contributed by atoms with E-state index in [4.69, 9.17) is 11.1 Å². The normalized spacial score (nSPS) is 12.2. The minimum absolute atomic E-state index is 0.0849. The average Bonchev–Trinajstić information content (AvgIpc) is 2.89. The number of amidine groups is 1. The average molecular weight is 344 g/mol. The summed E-state index contributed by atoms with van der Waals surface area (Å²) in [5, 5.41) is 6.02. The van der Waals surface area contributed by atoms with Crippen LogP contribution in [0.1, 0.15) is 5.56 Å². The van der Waals surface area contributed by atoms with Crippen LogP contribution in [0.25, 0.3) is 0 Å². The highest BCUT2D eigenvalue weighted by Crippen LogP contribution is 2.30. The highest BCUT2D eigenvalue weighted by Gasteiger charge is 2.25. The topological polar surface area (TPSA) is 118 Å².